The molecule has 1 heterocycles. The van der Waals surface area contributed by atoms with Crippen LogP contribution in [0.3, 0.4) is 0 Å². The molecule has 0 aromatic carbocycles. The Bertz CT molecular complexity index is 245. The van der Waals surface area contributed by atoms with E-state index >= 15 is 0 Å². The molecular weight excluding hydrogens is 204 g/mol. The van der Waals surface area contributed by atoms with Crippen molar-refractivity contribution < 1.29 is 9.90 Å². The molecule has 2 fully saturated rings. The maximum atomic E-state index is 11.0. The molecule has 0 radical (unpaired) electrons. The van der Waals surface area contributed by atoms with E-state index in [4.69, 9.17) is 0 Å². The summed E-state index contributed by atoms with van der Waals surface area (Å²) in [6, 6.07) is 0.489. The molecule has 1 aliphatic heterocycles. The first-order chi connectivity index (χ1) is 7.75. The molecule has 2 rings (SSSR count). The molecule has 1 aliphatic carbocycles. The SMILES string of the molecule is O=C1CCC(CNC2CCCCCC2O)N1. The standard InChI is InChI=1S/C12H22N2O2/c15-11-5-3-1-2-4-10(11)13-8-9-6-7-12(16)14-9/h9-11,13,15H,1-8H2,(H,14,16). The van der Waals surface area contributed by atoms with E-state index in [1.807, 2.05) is 0 Å². The van der Waals surface area contributed by atoms with Crippen LogP contribution in [0.1, 0.15) is 44.9 Å². The second-order valence-electron chi connectivity index (χ2n) is 5.02. The molecule has 92 valence electrons. The minimum Gasteiger partial charge on any atom is -0.392 e. The molecular formula is C12H22N2O2. The number of hydrogen-bond donors (Lipinski definition) is 3. The lowest BCUT2D eigenvalue weighted by Crippen LogP contribution is -2.45. The van der Waals surface area contributed by atoms with E-state index in [9.17, 15) is 9.90 Å². The van der Waals surface area contributed by atoms with Crippen LogP contribution in [0.15, 0.2) is 0 Å². The number of hydrogen-bond acceptors (Lipinski definition) is 3. The maximum Gasteiger partial charge on any atom is 0.220 e. The van der Waals surface area contributed by atoms with Gasteiger partial charge in [-0.1, -0.05) is 19.3 Å². The summed E-state index contributed by atoms with van der Waals surface area (Å²) in [7, 11) is 0. The van der Waals surface area contributed by atoms with Crippen LogP contribution in [0.2, 0.25) is 0 Å². The predicted octanol–water partition coefficient (Wildman–Crippen LogP) is 0.548. The summed E-state index contributed by atoms with van der Waals surface area (Å²) in [5, 5.41) is 16.3. The van der Waals surface area contributed by atoms with E-state index in [0.29, 0.717) is 6.42 Å². The molecule has 4 heteroatoms. The highest BCUT2D eigenvalue weighted by atomic mass is 16.3. The molecule has 0 aromatic heterocycles. The number of rotatable bonds is 3. The summed E-state index contributed by atoms with van der Waals surface area (Å²) in [5.41, 5.74) is 0. The molecule has 0 bridgehead atoms. The van der Waals surface area contributed by atoms with Gasteiger partial charge in [-0.3, -0.25) is 4.79 Å². The molecule has 3 unspecified atom stereocenters. The summed E-state index contributed by atoms with van der Waals surface area (Å²) in [4.78, 5) is 11.0. The molecule has 1 amide bonds. The Morgan fingerprint density at radius 1 is 1.25 bits per heavy atom. The lowest BCUT2D eigenvalue weighted by molar-refractivity contribution is -0.119. The highest BCUT2D eigenvalue weighted by Gasteiger charge is 2.24. The van der Waals surface area contributed by atoms with E-state index < -0.39 is 0 Å². The summed E-state index contributed by atoms with van der Waals surface area (Å²) in [6.45, 7) is 0.799. The molecule has 0 spiro atoms. The van der Waals surface area contributed by atoms with Crippen molar-refractivity contribution in [2.45, 2.75) is 63.1 Å². The van der Waals surface area contributed by atoms with Gasteiger partial charge in [0.25, 0.3) is 0 Å². The van der Waals surface area contributed by atoms with Gasteiger partial charge >= 0.3 is 0 Å². The minimum atomic E-state index is -0.209. The molecule has 1 saturated heterocycles. The van der Waals surface area contributed by atoms with Crippen LogP contribution >= 0.6 is 0 Å². The maximum absolute atomic E-state index is 11.0. The molecule has 2 aliphatic rings. The van der Waals surface area contributed by atoms with Gasteiger partial charge in [0.05, 0.1) is 6.10 Å². The van der Waals surface area contributed by atoms with Crippen LogP contribution in [0.4, 0.5) is 0 Å². The van der Waals surface area contributed by atoms with Gasteiger partial charge in [-0.05, 0) is 19.3 Å². The third kappa shape index (κ3) is 3.19. The Balaban J connectivity index is 1.73. The summed E-state index contributed by atoms with van der Waals surface area (Å²) in [5.74, 6) is 0.160. The van der Waals surface area contributed by atoms with Crippen molar-refractivity contribution in [3.63, 3.8) is 0 Å². The monoisotopic (exact) mass is 226 g/mol. The Morgan fingerprint density at radius 3 is 2.81 bits per heavy atom. The van der Waals surface area contributed by atoms with Gasteiger partial charge in [-0.2, -0.15) is 0 Å². The third-order valence-electron chi connectivity index (χ3n) is 3.69. The predicted molar refractivity (Wildman–Crippen MR) is 62.0 cm³/mol. The number of amides is 1. The fourth-order valence-corrected chi connectivity index (χ4v) is 2.65. The van der Waals surface area contributed by atoms with Crippen molar-refractivity contribution in [1.82, 2.24) is 10.6 Å². The highest BCUT2D eigenvalue weighted by molar-refractivity contribution is 5.78. The summed E-state index contributed by atoms with van der Waals surface area (Å²) < 4.78 is 0. The van der Waals surface area contributed by atoms with Crippen molar-refractivity contribution in [2.75, 3.05) is 6.54 Å². The Hall–Kier alpha value is -0.610. The Morgan fingerprint density at radius 2 is 2.06 bits per heavy atom. The lowest BCUT2D eigenvalue weighted by atomic mass is 10.1. The van der Waals surface area contributed by atoms with Crippen molar-refractivity contribution in [2.24, 2.45) is 0 Å². The van der Waals surface area contributed by atoms with E-state index in [1.165, 1.54) is 12.8 Å². The average molecular weight is 226 g/mol. The van der Waals surface area contributed by atoms with E-state index in [1.54, 1.807) is 0 Å². The van der Waals surface area contributed by atoms with Crippen LogP contribution in [-0.2, 0) is 4.79 Å². The first-order valence-corrected chi connectivity index (χ1v) is 6.46. The van der Waals surface area contributed by atoms with Gasteiger partial charge in [0, 0.05) is 25.0 Å². The zero-order valence-corrected chi connectivity index (χ0v) is 9.74. The second kappa shape index (κ2) is 5.64. The molecule has 16 heavy (non-hydrogen) atoms. The lowest BCUT2D eigenvalue weighted by Gasteiger charge is -2.23. The molecule has 0 aromatic rings. The van der Waals surface area contributed by atoms with Gasteiger partial charge in [-0.15, -0.1) is 0 Å². The van der Waals surface area contributed by atoms with Crippen molar-refractivity contribution in [1.29, 1.82) is 0 Å². The molecule has 1 saturated carbocycles. The van der Waals surface area contributed by atoms with Crippen molar-refractivity contribution >= 4 is 5.91 Å². The van der Waals surface area contributed by atoms with Gasteiger partial charge in [-0.25, -0.2) is 0 Å². The van der Waals surface area contributed by atoms with Crippen LogP contribution in [0.5, 0.6) is 0 Å². The van der Waals surface area contributed by atoms with E-state index in [-0.39, 0.29) is 24.1 Å². The first kappa shape index (κ1) is 11.9. The van der Waals surface area contributed by atoms with Gasteiger partial charge < -0.3 is 15.7 Å². The summed E-state index contributed by atoms with van der Waals surface area (Å²) >= 11 is 0. The van der Waals surface area contributed by atoms with Gasteiger partial charge in [0.2, 0.25) is 5.91 Å². The fraction of sp³-hybridized carbons (Fsp3) is 0.917. The van der Waals surface area contributed by atoms with E-state index in [2.05, 4.69) is 10.6 Å². The van der Waals surface area contributed by atoms with E-state index in [0.717, 1.165) is 32.2 Å². The number of aliphatic hydroxyl groups is 1. The number of carbonyl (C=O) groups is 1. The number of carbonyl (C=O) groups excluding carboxylic acids is 1. The van der Waals surface area contributed by atoms with Crippen LogP contribution in [-0.4, -0.2) is 35.7 Å². The topological polar surface area (TPSA) is 61.4 Å². The Labute approximate surface area is 96.8 Å². The summed E-state index contributed by atoms with van der Waals surface area (Å²) in [6.07, 6.45) is 6.91. The highest BCUT2D eigenvalue weighted by Crippen LogP contribution is 2.18. The van der Waals surface area contributed by atoms with Crippen LogP contribution in [0.25, 0.3) is 0 Å². The minimum absolute atomic E-state index is 0.160. The molecule has 3 N–H and O–H groups in total. The van der Waals surface area contributed by atoms with Gasteiger partial charge in [0.15, 0.2) is 0 Å². The normalized spacial score (nSPS) is 35.8. The average Bonchev–Trinajstić information content (AvgIpc) is 2.56. The zero-order valence-electron chi connectivity index (χ0n) is 9.74. The fourth-order valence-electron chi connectivity index (χ4n) is 2.65. The quantitative estimate of drug-likeness (QED) is 0.616. The van der Waals surface area contributed by atoms with Gasteiger partial charge in [0.1, 0.15) is 0 Å². The smallest absolute Gasteiger partial charge is 0.220 e. The van der Waals surface area contributed by atoms with Crippen LogP contribution in [0, 0.1) is 0 Å². The molecule has 4 nitrogen and oxygen atoms in total. The van der Waals surface area contributed by atoms with Crippen LogP contribution < -0.4 is 10.6 Å². The van der Waals surface area contributed by atoms with Crippen molar-refractivity contribution in [3.8, 4) is 0 Å². The number of nitrogens with one attached hydrogen (secondary N) is 2. The zero-order chi connectivity index (χ0) is 11.4. The number of aliphatic hydroxyl groups excluding tert-OH is 1. The third-order valence-corrected chi connectivity index (χ3v) is 3.69. The molecule has 3 atom stereocenters. The first-order valence-electron chi connectivity index (χ1n) is 6.46. The second-order valence-corrected chi connectivity index (χ2v) is 5.02. The van der Waals surface area contributed by atoms with Crippen molar-refractivity contribution in [3.05, 3.63) is 0 Å². The Kier molecular flexibility index (Phi) is 4.18. The largest absolute Gasteiger partial charge is 0.392 e.